The third kappa shape index (κ3) is 3.27. The Kier molecular flexibility index (Phi) is 5.29. The Bertz CT molecular complexity index is 575. The lowest BCUT2D eigenvalue weighted by atomic mass is 10.1. The van der Waals surface area contributed by atoms with E-state index in [2.05, 4.69) is 50.3 Å². The van der Waals surface area contributed by atoms with Gasteiger partial charge in [-0.05, 0) is 10.9 Å². The minimum absolute atomic E-state index is 0.202. The topological polar surface area (TPSA) is 96.5 Å². The summed E-state index contributed by atoms with van der Waals surface area (Å²) in [5.41, 5.74) is 18.0. The van der Waals surface area contributed by atoms with Crippen LogP contribution in [-0.4, -0.2) is 16.5 Å². The Morgan fingerprint density at radius 2 is 1.60 bits per heavy atom. The lowest BCUT2D eigenvalue weighted by Gasteiger charge is -2.22. The molecule has 0 aromatic heterocycles. The second-order valence-electron chi connectivity index (χ2n) is 4.48. The summed E-state index contributed by atoms with van der Waals surface area (Å²) in [6.07, 6.45) is 3.82. The molecular weight excluding hydrogens is 426 g/mol. The third-order valence-electron chi connectivity index (χ3n) is 2.88. The Balaban J connectivity index is 2.44. The number of benzene rings is 1. The van der Waals surface area contributed by atoms with Crippen molar-refractivity contribution in [1.82, 2.24) is 0 Å². The van der Waals surface area contributed by atoms with Crippen molar-refractivity contribution >= 4 is 72.3 Å². The summed E-state index contributed by atoms with van der Waals surface area (Å²) >= 11 is 2.11. The van der Waals surface area contributed by atoms with Crippen molar-refractivity contribution in [3.63, 3.8) is 0 Å². The minimum Gasteiger partial charge on any atom is -0.453 e. The van der Waals surface area contributed by atoms with Crippen LogP contribution < -0.4 is 42.6 Å². The van der Waals surface area contributed by atoms with Crippen LogP contribution in [0.4, 0.5) is 0 Å². The van der Waals surface area contributed by atoms with E-state index in [0.717, 1.165) is 33.0 Å². The first-order valence-electron chi connectivity index (χ1n) is 5.68. The molecule has 0 bridgehead atoms. The molecule has 1 aliphatic rings. The summed E-state index contributed by atoms with van der Waals surface area (Å²) < 4.78 is 10.8. The molecule has 4 unspecified atom stereocenters. The summed E-state index contributed by atoms with van der Waals surface area (Å²) in [5.74, 6) is 0.258. The van der Waals surface area contributed by atoms with Crippen molar-refractivity contribution in [2.45, 2.75) is 9.71 Å². The van der Waals surface area contributed by atoms with Crippen LogP contribution >= 0.6 is 50.3 Å². The largest absolute Gasteiger partial charge is 0.453 e. The van der Waals surface area contributed by atoms with Gasteiger partial charge in [0.25, 0.3) is 0 Å². The molecule has 0 spiro atoms. The zero-order chi connectivity index (χ0) is 15.1. The van der Waals surface area contributed by atoms with E-state index >= 15 is 0 Å². The lowest BCUT2D eigenvalue weighted by Crippen LogP contribution is -2.63. The highest BCUT2D eigenvalue weighted by atomic mass is 127. The van der Waals surface area contributed by atoms with Gasteiger partial charge in [0.1, 0.15) is 5.79 Å². The van der Waals surface area contributed by atoms with E-state index in [1.807, 2.05) is 12.2 Å². The molecule has 1 aromatic carbocycles. The van der Waals surface area contributed by atoms with Gasteiger partial charge < -0.3 is 26.7 Å². The van der Waals surface area contributed by atoms with Gasteiger partial charge in [0.05, 0.1) is 3.92 Å². The Morgan fingerprint density at radius 1 is 1.05 bits per heavy atom. The first-order valence-corrected chi connectivity index (χ1v) is 8.66. The molecule has 1 heterocycles. The highest BCUT2D eigenvalue weighted by Crippen LogP contribution is 2.32. The summed E-state index contributed by atoms with van der Waals surface area (Å²) in [6, 6.07) is 0. The predicted molar refractivity (Wildman–Crippen MR) is 103 cm³/mol. The van der Waals surface area contributed by atoms with Crippen molar-refractivity contribution in [3.8, 4) is 11.5 Å². The van der Waals surface area contributed by atoms with Crippen LogP contribution in [0.5, 0.6) is 11.5 Å². The molecule has 6 N–H and O–H groups in total. The molecule has 5 nitrogen and oxygen atoms in total. The van der Waals surface area contributed by atoms with Crippen LogP contribution in [0.3, 0.4) is 0 Å². The summed E-state index contributed by atoms with van der Waals surface area (Å²) in [4.78, 5) is 0. The number of alkyl halides is 1. The van der Waals surface area contributed by atoms with Gasteiger partial charge in [-0.3, -0.25) is 0 Å². The summed E-state index contributed by atoms with van der Waals surface area (Å²) in [6.45, 7) is 0.238. The lowest BCUT2D eigenvalue weighted by molar-refractivity contribution is 0.175. The Morgan fingerprint density at radius 3 is 2.15 bits per heavy atom. The molecule has 9 heteroatoms. The predicted octanol–water partition coefficient (Wildman–Crippen LogP) is -0.737. The molecule has 0 amide bonds. The van der Waals surface area contributed by atoms with Crippen molar-refractivity contribution in [2.24, 2.45) is 17.2 Å². The quantitative estimate of drug-likeness (QED) is 0.248. The smallest absolute Gasteiger partial charge is 0.231 e. The van der Waals surface area contributed by atoms with Crippen LogP contribution in [0.1, 0.15) is 5.56 Å². The van der Waals surface area contributed by atoms with Crippen molar-refractivity contribution in [1.29, 1.82) is 0 Å². The van der Waals surface area contributed by atoms with E-state index in [0.29, 0.717) is 0 Å². The van der Waals surface area contributed by atoms with E-state index in [9.17, 15) is 0 Å². The van der Waals surface area contributed by atoms with Crippen LogP contribution in [0.25, 0.3) is 6.08 Å². The minimum atomic E-state index is -1.25. The standard InChI is InChI=1S/C11H17IN3O2P3/c12-5(11(13,14)15)2-1-4-8(18)6-7(17-3-16-6)10(20)9(4)19/h1-2,5H,3,13-15,18-20H2/b2-1+. The normalized spacial score (nSPS) is 15.9. The maximum atomic E-state index is 5.68. The highest BCUT2D eigenvalue weighted by Gasteiger charge is 2.25. The number of rotatable bonds is 3. The van der Waals surface area contributed by atoms with E-state index in [1.165, 1.54) is 0 Å². The maximum absolute atomic E-state index is 5.68. The highest BCUT2D eigenvalue weighted by molar-refractivity contribution is 14.1. The second-order valence-corrected chi connectivity index (χ2v) is 7.55. The monoisotopic (exact) mass is 443 g/mol. The Labute approximate surface area is 138 Å². The molecule has 0 fully saturated rings. The molecule has 1 aliphatic heterocycles. The van der Waals surface area contributed by atoms with Gasteiger partial charge in [-0.25, -0.2) is 0 Å². The third-order valence-corrected chi connectivity index (χ3v) is 6.48. The molecule has 0 saturated carbocycles. The van der Waals surface area contributed by atoms with Crippen molar-refractivity contribution in [2.75, 3.05) is 6.79 Å². The molecule has 4 atom stereocenters. The number of fused-ring (bicyclic) bond motifs is 1. The molecule has 0 radical (unpaired) electrons. The number of halogens is 1. The fourth-order valence-corrected chi connectivity index (χ4v) is 3.33. The average molecular weight is 443 g/mol. The zero-order valence-electron chi connectivity index (χ0n) is 10.6. The first-order chi connectivity index (χ1) is 9.23. The molecule has 0 saturated heterocycles. The fraction of sp³-hybridized carbons (Fsp3) is 0.273. The van der Waals surface area contributed by atoms with Gasteiger partial charge in [-0.1, -0.05) is 34.7 Å². The molecule has 0 aliphatic carbocycles. The van der Waals surface area contributed by atoms with Gasteiger partial charge in [-0.2, -0.15) is 0 Å². The SMILES string of the molecule is NC(N)(N)C(I)/C=C/c1c(P)c(P)c2c(c1P)OCO2. The van der Waals surface area contributed by atoms with E-state index in [4.69, 9.17) is 26.7 Å². The number of nitrogens with two attached hydrogens (primary N) is 3. The summed E-state index contributed by atoms with van der Waals surface area (Å²) in [7, 11) is 8.07. The van der Waals surface area contributed by atoms with Gasteiger partial charge in [0, 0.05) is 10.6 Å². The summed E-state index contributed by atoms with van der Waals surface area (Å²) in [5, 5.41) is 2.91. The molecular formula is C11H17IN3O2P3. The number of hydrogen-bond donors (Lipinski definition) is 3. The van der Waals surface area contributed by atoms with E-state index in [-0.39, 0.29) is 10.7 Å². The van der Waals surface area contributed by atoms with Gasteiger partial charge in [-0.15, -0.1) is 27.7 Å². The van der Waals surface area contributed by atoms with Crippen LogP contribution in [0, 0.1) is 0 Å². The van der Waals surface area contributed by atoms with Crippen LogP contribution in [0.15, 0.2) is 6.08 Å². The maximum Gasteiger partial charge on any atom is 0.231 e. The first kappa shape index (κ1) is 16.8. The molecule has 110 valence electrons. The molecule has 1 aromatic rings. The van der Waals surface area contributed by atoms with Gasteiger partial charge in [0.15, 0.2) is 11.5 Å². The molecule has 20 heavy (non-hydrogen) atoms. The zero-order valence-corrected chi connectivity index (χ0v) is 16.2. The molecule has 2 rings (SSSR count). The van der Waals surface area contributed by atoms with Gasteiger partial charge >= 0.3 is 0 Å². The number of ether oxygens (including phenoxy) is 2. The van der Waals surface area contributed by atoms with Crippen LogP contribution in [0.2, 0.25) is 0 Å². The van der Waals surface area contributed by atoms with E-state index < -0.39 is 5.79 Å². The average Bonchev–Trinajstić information content (AvgIpc) is 2.84. The van der Waals surface area contributed by atoms with Crippen molar-refractivity contribution in [3.05, 3.63) is 11.6 Å². The van der Waals surface area contributed by atoms with E-state index in [1.54, 1.807) is 0 Å². The van der Waals surface area contributed by atoms with Crippen molar-refractivity contribution < 1.29 is 9.47 Å². The van der Waals surface area contributed by atoms with Crippen LogP contribution in [-0.2, 0) is 0 Å². The second kappa shape index (κ2) is 6.29. The Hall–Kier alpha value is 0.460. The number of hydrogen-bond acceptors (Lipinski definition) is 5. The fourth-order valence-electron chi connectivity index (χ4n) is 1.74. The van der Waals surface area contributed by atoms with Gasteiger partial charge in [0.2, 0.25) is 6.79 Å².